The van der Waals surface area contributed by atoms with Crippen molar-refractivity contribution in [3.8, 4) is 0 Å². The Morgan fingerprint density at radius 3 is 2.76 bits per heavy atom. The Morgan fingerprint density at radius 2 is 2.12 bits per heavy atom. The third kappa shape index (κ3) is 1.65. The molecule has 0 atom stereocenters. The van der Waals surface area contributed by atoms with Crippen molar-refractivity contribution in [2.75, 3.05) is 0 Å². The fourth-order valence-electron chi connectivity index (χ4n) is 2.41. The van der Waals surface area contributed by atoms with E-state index in [9.17, 15) is 4.39 Å². The highest BCUT2D eigenvalue weighted by atomic mass is 19.1. The first kappa shape index (κ1) is 10.8. The van der Waals surface area contributed by atoms with Gasteiger partial charge in [0.1, 0.15) is 5.82 Å². The summed E-state index contributed by atoms with van der Waals surface area (Å²) in [6.45, 7) is 1.99. The lowest BCUT2D eigenvalue weighted by molar-refractivity contribution is 0.591. The molecular formula is C14H17FN2. The van der Waals surface area contributed by atoms with E-state index in [0.717, 1.165) is 29.6 Å². The summed E-state index contributed by atoms with van der Waals surface area (Å²) in [4.78, 5) is 0. The van der Waals surface area contributed by atoms with Gasteiger partial charge in [-0.1, -0.05) is 6.07 Å². The number of nitrogens with zero attached hydrogens (tertiary/aromatic N) is 1. The first-order valence-electron chi connectivity index (χ1n) is 6.02. The number of fused-ring (bicyclic) bond motifs is 1. The number of nitrogens with two attached hydrogens (primary N) is 1. The third-order valence-corrected chi connectivity index (χ3v) is 3.92. The van der Waals surface area contributed by atoms with Crippen molar-refractivity contribution in [2.24, 2.45) is 12.8 Å². The molecule has 0 spiro atoms. The molecular weight excluding hydrogens is 215 g/mol. The minimum atomic E-state index is -0.141. The second kappa shape index (κ2) is 3.33. The van der Waals surface area contributed by atoms with Crippen LogP contribution in [-0.4, -0.2) is 10.1 Å². The van der Waals surface area contributed by atoms with Crippen LogP contribution in [0.15, 0.2) is 18.2 Å². The smallest absolute Gasteiger partial charge is 0.135 e. The Bertz CT molecular complexity index is 594. The number of benzene rings is 1. The summed E-state index contributed by atoms with van der Waals surface area (Å²) in [5.41, 5.74) is 8.69. The predicted octanol–water partition coefficient (Wildman–Crippen LogP) is 2.66. The summed E-state index contributed by atoms with van der Waals surface area (Å²) >= 11 is 0. The van der Waals surface area contributed by atoms with Gasteiger partial charge in [-0.3, -0.25) is 0 Å². The van der Waals surface area contributed by atoms with Crippen LogP contribution in [0, 0.1) is 12.7 Å². The van der Waals surface area contributed by atoms with Crippen molar-refractivity contribution < 1.29 is 4.39 Å². The van der Waals surface area contributed by atoms with Gasteiger partial charge in [0.2, 0.25) is 0 Å². The summed E-state index contributed by atoms with van der Waals surface area (Å²) in [5.74, 6) is -0.0945. The van der Waals surface area contributed by atoms with Crippen molar-refractivity contribution in [2.45, 2.75) is 31.7 Å². The second-order valence-corrected chi connectivity index (χ2v) is 5.36. The Labute approximate surface area is 100 Å². The molecule has 1 saturated carbocycles. The average Bonchev–Trinajstić information content (AvgIpc) is 2.93. The van der Waals surface area contributed by atoms with Crippen molar-refractivity contribution >= 4 is 10.9 Å². The van der Waals surface area contributed by atoms with E-state index in [4.69, 9.17) is 5.73 Å². The van der Waals surface area contributed by atoms with Crippen LogP contribution < -0.4 is 5.73 Å². The number of hydrogen-bond donors (Lipinski definition) is 1. The lowest BCUT2D eigenvalue weighted by atomic mass is 10.0. The molecule has 0 unspecified atom stereocenters. The molecule has 3 rings (SSSR count). The quantitative estimate of drug-likeness (QED) is 0.848. The first-order valence-corrected chi connectivity index (χ1v) is 6.02. The predicted molar refractivity (Wildman–Crippen MR) is 67.5 cm³/mol. The van der Waals surface area contributed by atoms with Crippen molar-refractivity contribution in [1.82, 2.24) is 4.57 Å². The second-order valence-electron chi connectivity index (χ2n) is 5.36. The number of rotatable bonds is 2. The molecule has 2 aromatic rings. The highest BCUT2D eigenvalue weighted by molar-refractivity contribution is 5.82. The topological polar surface area (TPSA) is 30.9 Å². The maximum absolute atomic E-state index is 14.4. The maximum atomic E-state index is 14.4. The Balaban J connectivity index is 2.12. The number of hydrogen-bond acceptors (Lipinski definition) is 1. The molecule has 2 N–H and O–H groups in total. The fourth-order valence-corrected chi connectivity index (χ4v) is 2.41. The number of aryl methyl sites for hydroxylation is 2. The molecule has 3 heteroatoms. The average molecular weight is 232 g/mol. The largest absolute Gasteiger partial charge is 0.348 e. The zero-order chi connectivity index (χ0) is 12.2. The van der Waals surface area contributed by atoms with E-state index >= 15 is 0 Å². The molecule has 0 saturated heterocycles. The van der Waals surface area contributed by atoms with Crippen LogP contribution in [0.5, 0.6) is 0 Å². The van der Waals surface area contributed by atoms with Gasteiger partial charge >= 0.3 is 0 Å². The van der Waals surface area contributed by atoms with E-state index in [1.165, 1.54) is 0 Å². The normalized spacial score (nSPS) is 17.6. The van der Waals surface area contributed by atoms with Gasteiger partial charge in [-0.05, 0) is 43.9 Å². The molecule has 2 nitrogen and oxygen atoms in total. The Kier molecular flexibility index (Phi) is 2.11. The van der Waals surface area contributed by atoms with E-state index < -0.39 is 0 Å². The Hall–Kier alpha value is -1.35. The lowest BCUT2D eigenvalue weighted by Gasteiger charge is -2.10. The van der Waals surface area contributed by atoms with E-state index in [1.54, 1.807) is 0 Å². The standard InChI is InChI=1S/C14H17FN2/c1-9-7-11-12(17(9)2)4-3-10(13(11)15)8-14(16)5-6-14/h3-4,7H,5-6,8,16H2,1-2H3. The van der Waals surface area contributed by atoms with E-state index in [-0.39, 0.29) is 11.4 Å². The van der Waals surface area contributed by atoms with Crippen LogP contribution in [-0.2, 0) is 13.5 Å². The summed E-state index contributed by atoms with van der Waals surface area (Å²) in [5, 5.41) is 0.715. The van der Waals surface area contributed by atoms with Crippen LogP contribution in [0.2, 0.25) is 0 Å². The molecule has 1 aromatic heterocycles. The summed E-state index contributed by atoms with van der Waals surface area (Å²) in [6, 6.07) is 5.78. The van der Waals surface area contributed by atoms with Gasteiger partial charge in [0, 0.05) is 23.7 Å². The van der Waals surface area contributed by atoms with Gasteiger partial charge < -0.3 is 10.3 Å². The van der Waals surface area contributed by atoms with Gasteiger partial charge in [0.25, 0.3) is 0 Å². The number of halogens is 1. The van der Waals surface area contributed by atoms with Crippen molar-refractivity contribution in [3.63, 3.8) is 0 Å². The fraction of sp³-hybridized carbons (Fsp3) is 0.429. The van der Waals surface area contributed by atoms with Gasteiger partial charge in [0.05, 0.1) is 5.52 Å². The highest BCUT2D eigenvalue weighted by Crippen LogP contribution is 2.37. The van der Waals surface area contributed by atoms with Crippen LogP contribution in [0.25, 0.3) is 10.9 Å². The van der Waals surface area contributed by atoms with Crippen LogP contribution >= 0.6 is 0 Å². The number of aromatic nitrogens is 1. The highest BCUT2D eigenvalue weighted by Gasteiger charge is 2.38. The first-order chi connectivity index (χ1) is 8.00. The van der Waals surface area contributed by atoms with Crippen molar-refractivity contribution in [3.05, 3.63) is 35.3 Å². The van der Waals surface area contributed by atoms with Crippen LogP contribution in [0.4, 0.5) is 4.39 Å². The molecule has 90 valence electrons. The van der Waals surface area contributed by atoms with Gasteiger partial charge in [-0.2, -0.15) is 0 Å². The maximum Gasteiger partial charge on any atom is 0.135 e. The molecule has 0 bridgehead atoms. The van der Waals surface area contributed by atoms with E-state index in [2.05, 4.69) is 0 Å². The third-order valence-electron chi connectivity index (χ3n) is 3.92. The molecule has 17 heavy (non-hydrogen) atoms. The molecule has 1 aliphatic carbocycles. The summed E-state index contributed by atoms with van der Waals surface area (Å²) < 4.78 is 16.4. The lowest BCUT2D eigenvalue weighted by Crippen LogP contribution is -2.25. The molecule has 0 radical (unpaired) electrons. The van der Waals surface area contributed by atoms with E-state index in [0.29, 0.717) is 11.8 Å². The zero-order valence-electron chi connectivity index (χ0n) is 10.3. The van der Waals surface area contributed by atoms with Crippen LogP contribution in [0.3, 0.4) is 0 Å². The van der Waals surface area contributed by atoms with Gasteiger partial charge in [-0.25, -0.2) is 4.39 Å². The minimum Gasteiger partial charge on any atom is -0.348 e. The molecule has 1 aromatic carbocycles. The monoisotopic (exact) mass is 232 g/mol. The van der Waals surface area contributed by atoms with Gasteiger partial charge in [0.15, 0.2) is 0 Å². The minimum absolute atomic E-state index is 0.0945. The van der Waals surface area contributed by atoms with Crippen LogP contribution in [0.1, 0.15) is 24.1 Å². The van der Waals surface area contributed by atoms with Gasteiger partial charge in [-0.15, -0.1) is 0 Å². The summed E-state index contributed by atoms with van der Waals surface area (Å²) in [7, 11) is 1.96. The molecule has 1 heterocycles. The SMILES string of the molecule is Cc1cc2c(F)c(CC3(N)CC3)ccc2n1C. The van der Waals surface area contributed by atoms with Crippen molar-refractivity contribution in [1.29, 1.82) is 0 Å². The molecule has 0 amide bonds. The Morgan fingerprint density at radius 1 is 1.41 bits per heavy atom. The van der Waals surface area contributed by atoms with E-state index in [1.807, 2.05) is 36.7 Å². The molecule has 0 aliphatic heterocycles. The summed E-state index contributed by atoms with van der Waals surface area (Å²) in [6.07, 6.45) is 2.68. The molecule has 1 aliphatic rings. The molecule has 1 fully saturated rings. The zero-order valence-corrected chi connectivity index (χ0v) is 10.3.